The first-order valence-electron chi connectivity index (χ1n) is 11.1. The number of rotatable bonds is 4. The van der Waals surface area contributed by atoms with Gasteiger partial charge in [0.25, 0.3) is 0 Å². The highest BCUT2D eigenvalue weighted by molar-refractivity contribution is 5.81. The quantitative estimate of drug-likeness (QED) is 0.645. The number of aliphatic hydroxyl groups excluding tert-OH is 1. The van der Waals surface area contributed by atoms with Crippen molar-refractivity contribution in [2.24, 2.45) is 7.05 Å². The molecule has 5 rings (SSSR count). The van der Waals surface area contributed by atoms with E-state index in [1.54, 1.807) is 10.9 Å². The molecule has 0 radical (unpaired) electrons. The molecule has 2 fully saturated rings. The Kier molecular flexibility index (Phi) is 5.56. The van der Waals surface area contributed by atoms with Gasteiger partial charge in [0, 0.05) is 37.2 Å². The minimum absolute atomic E-state index is 0.107. The zero-order chi connectivity index (χ0) is 22.4. The van der Waals surface area contributed by atoms with Crippen molar-refractivity contribution in [1.82, 2.24) is 24.6 Å². The van der Waals surface area contributed by atoms with Crippen molar-refractivity contribution in [3.63, 3.8) is 0 Å². The first-order valence-corrected chi connectivity index (χ1v) is 11.1. The summed E-state index contributed by atoms with van der Waals surface area (Å²) in [6, 6.07) is 5.87. The Morgan fingerprint density at radius 2 is 2.06 bits per heavy atom. The smallest absolute Gasteiger partial charge is 0.228 e. The van der Waals surface area contributed by atoms with Crippen LogP contribution in [0.4, 0.5) is 16.2 Å². The van der Waals surface area contributed by atoms with Gasteiger partial charge in [-0.05, 0) is 50.1 Å². The molecule has 3 aromatic rings. The van der Waals surface area contributed by atoms with Crippen LogP contribution in [-0.4, -0.2) is 74.4 Å². The fourth-order valence-corrected chi connectivity index (χ4v) is 4.97. The summed E-state index contributed by atoms with van der Waals surface area (Å²) in [4.78, 5) is 11.2. The zero-order valence-electron chi connectivity index (χ0n) is 18.6. The third-order valence-corrected chi connectivity index (χ3v) is 6.67. The number of likely N-dealkylation sites (tertiary alicyclic amines) is 1. The lowest BCUT2D eigenvalue weighted by Gasteiger charge is -2.39. The van der Waals surface area contributed by atoms with Crippen molar-refractivity contribution in [3.05, 3.63) is 41.2 Å². The molecule has 0 aliphatic carbocycles. The minimum atomic E-state index is -1.01. The van der Waals surface area contributed by atoms with Crippen LogP contribution >= 0.6 is 0 Å². The molecule has 0 amide bonds. The number of benzene rings is 1. The first kappa shape index (κ1) is 21.2. The number of aryl methyl sites for hydroxylation is 3. The summed E-state index contributed by atoms with van der Waals surface area (Å²) in [6.45, 7) is 5.80. The highest BCUT2D eigenvalue weighted by Gasteiger charge is 2.38. The monoisotopic (exact) mass is 440 g/mol. The van der Waals surface area contributed by atoms with Crippen molar-refractivity contribution in [2.45, 2.75) is 44.5 Å². The van der Waals surface area contributed by atoms with E-state index in [2.05, 4.69) is 20.4 Å². The van der Waals surface area contributed by atoms with Gasteiger partial charge in [0.1, 0.15) is 12.0 Å². The molecule has 0 saturated carbocycles. The van der Waals surface area contributed by atoms with E-state index in [1.807, 2.05) is 44.0 Å². The van der Waals surface area contributed by atoms with Crippen LogP contribution < -0.4 is 5.32 Å². The Morgan fingerprint density at radius 3 is 2.75 bits per heavy atom. The molecule has 2 N–H and O–H groups in total. The molecule has 1 unspecified atom stereocenters. The van der Waals surface area contributed by atoms with Crippen LogP contribution in [-0.2, 0) is 11.8 Å². The Bertz CT molecular complexity index is 1140. The Labute approximate surface area is 186 Å². The molecule has 1 aromatic carbocycles. The summed E-state index contributed by atoms with van der Waals surface area (Å²) in [5.74, 6) is 1.10. The van der Waals surface area contributed by atoms with E-state index in [1.165, 1.54) is 0 Å². The third-order valence-electron chi connectivity index (χ3n) is 6.67. The SMILES string of the molecule is Cc1cc(Nc2ncc3cc(C)c([C@H]4CCN(C5COC[C@H]5O)C[C@@H]4F)cc3n2)n(C)n1. The van der Waals surface area contributed by atoms with Crippen LogP contribution in [0.15, 0.2) is 24.4 Å². The summed E-state index contributed by atoms with van der Waals surface area (Å²) in [6.07, 6.45) is 0.944. The van der Waals surface area contributed by atoms with Crippen molar-refractivity contribution in [3.8, 4) is 0 Å². The molecule has 170 valence electrons. The number of halogens is 1. The number of hydrogen-bond acceptors (Lipinski definition) is 7. The van der Waals surface area contributed by atoms with Gasteiger partial charge in [0.05, 0.1) is 36.6 Å². The van der Waals surface area contributed by atoms with E-state index < -0.39 is 12.3 Å². The molecular formula is C23H29FN6O2. The fraction of sp³-hybridized carbons (Fsp3) is 0.522. The van der Waals surface area contributed by atoms with E-state index in [4.69, 9.17) is 4.74 Å². The largest absolute Gasteiger partial charge is 0.389 e. The van der Waals surface area contributed by atoms with E-state index in [9.17, 15) is 5.11 Å². The summed E-state index contributed by atoms with van der Waals surface area (Å²) in [7, 11) is 1.86. The van der Waals surface area contributed by atoms with E-state index in [0.29, 0.717) is 32.1 Å². The summed E-state index contributed by atoms with van der Waals surface area (Å²) < 4.78 is 22.4. The second-order valence-corrected chi connectivity index (χ2v) is 8.96. The predicted molar refractivity (Wildman–Crippen MR) is 120 cm³/mol. The maximum absolute atomic E-state index is 15.3. The topological polar surface area (TPSA) is 88.3 Å². The van der Waals surface area contributed by atoms with Gasteiger partial charge in [-0.15, -0.1) is 0 Å². The number of piperidine rings is 1. The molecule has 9 heteroatoms. The summed E-state index contributed by atoms with van der Waals surface area (Å²) >= 11 is 0. The van der Waals surface area contributed by atoms with Gasteiger partial charge in [-0.3, -0.25) is 9.58 Å². The van der Waals surface area contributed by atoms with Gasteiger partial charge < -0.3 is 15.2 Å². The van der Waals surface area contributed by atoms with Gasteiger partial charge in [-0.1, -0.05) is 0 Å². The van der Waals surface area contributed by atoms with E-state index >= 15 is 4.39 Å². The average Bonchev–Trinajstić information content (AvgIpc) is 3.32. The van der Waals surface area contributed by atoms with E-state index in [0.717, 1.165) is 40.1 Å². The normalized spacial score (nSPS) is 26.7. The molecule has 0 spiro atoms. The number of hydrogen-bond donors (Lipinski definition) is 2. The van der Waals surface area contributed by atoms with Crippen molar-refractivity contribution < 1.29 is 14.2 Å². The van der Waals surface area contributed by atoms with Crippen LogP contribution in [0.3, 0.4) is 0 Å². The van der Waals surface area contributed by atoms with Crippen LogP contribution in [0.25, 0.3) is 10.9 Å². The Hall–Kier alpha value is -2.62. The molecule has 4 atom stereocenters. The highest BCUT2D eigenvalue weighted by atomic mass is 19.1. The number of nitrogens with zero attached hydrogens (tertiary/aromatic N) is 5. The maximum atomic E-state index is 15.3. The first-order chi connectivity index (χ1) is 15.4. The fourth-order valence-electron chi connectivity index (χ4n) is 4.97. The standard InChI is InChI=1S/C23H29FN6O2/c1-13-6-15-9-25-23(27-22-7-14(2)28-29(22)3)26-19(15)8-17(13)16-4-5-30(10-18(16)24)20-11-32-12-21(20)31/h6-9,16,18,20-21,31H,4-5,10-12H2,1-3H3,(H,25,26,27)/t16-,18+,20?,21-/m1/s1. The van der Waals surface area contributed by atoms with Gasteiger partial charge in [-0.2, -0.15) is 5.10 Å². The second kappa shape index (κ2) is 8.38. The minimum Gasteiger partial charge on any atom is -0.389 e. The Morgan fingerprint density at radius 1 is 1.22 bits per heavy atom. The molecule has 2 aliphatic heterocycles. The molecule has 2 aliphatic rings. The molecule has 0 bridgehead atoms. The zero-order valence-corrected chi connectivity index (χ0v) is 18.6. The lowest BCUT2D eigenvalue weighted by molar-refractivity contribution is 0.0352. The van der Waals surface area contributed by atoms with Crippen LogP contribution in [0.1, 0.15) is 29.2 Å². The number of ether oxygens (including phenoxy) is 1. The van der Waals surface area contributed by atoms with E-state index in [-0.39, 0.29) is 12.0 Å². The summed E-state index contributed by atoms with van der Waals surface area (Å²) in [5.41, 5.74) is 3.74. The van der Waals surface area contributed by atoms with Crippen LogP contribution in [0.2, 0.25) is 0 Å². The number of aromatic nitrogens is 4. The molecule has 2 aromatic heterocycles. The second-order valence-electron chi connectivity index (χ2n) is 8.96. The third kappa shape index (κ3) is 3.96. The van der Waals surface area contributed by atoms with Crippen LogP contribution in [0.5, 0.6) is 0 Å². The lowest BCUT2D eigenvalue weighted by atomic mass is 9.84. The summed E-state index contributed by atoms with van der Waals surface area (Å²) in [5, 5.41) is 18.6. The molecule has 4 heterocycles. The average molecular weight is 441 g/mol. The molecule has 32 heavy (non-hydrogen) atoms. The lowest BCUT2D eigenvalue weighted by Crippen LogP contribution is -2.50. The van der Waals surface area contributed by atoms with Crippen molar-refractivity contribution in [1.29, 1.82) is 0 Å². The number of aliphatic hydroxyl groups is 1. The number of anilines is 2. The van der Waals surface area contributed by atoms with Crippen LogP contribution in [0, 0.1) is 13.8 Å². The Balaban J connectivity index is 1.39. The van der Waals surface area contributed by atoms with Gasteiger partial charge in [0.2, 0.25) is 5.95 Å². The number of alkyl halides is 1. The molecule has 2 saturated heterocycles. The molecular weight excluding hydrogens is 411 g/mol. The van der Waals surface area contributed by atoms with Gasteiger partial charge in [0.15, 0.2) is 0 Å². The van der Waals surface area contributed by atoms with Gasteiger partial charge in [-0.25, -0.2) is 14.4 Å². The maximum Gasteiger partial charge on any atom is 0.228 e. The van der Waals surface area contributed by atoms with Gasteiger partial charge >= 0.3 is 0 Å². The predicted octanol–water partition coefficient (Wildman–Crippen LogP) is 2.61. The molecule has 8 nitrogen and oxygen atoms in total. The van der Waals surface area contributed by atoms with Crippen molar-refractivity contribution >= 4 is 22.7 Å². The number of fused-ring (bicyclic) bond motifs is 1. The highest BCUT2D eigenvalue weighted by Crippen LogP contribution is 2.35. The van der Waals surface area contributed by atoms with Crippen molar-refractivity contribution in [2.75, 3.05) is 31.6 Å². The number of nitrogens with one attached hydrogen (secondary N) is 1.